The van der Waals surface area contributed by atoms with Crippen molar-refractivity contribution in [3.8, 4) is 0 Å². The van der Waals surface area contributed by atoms with E-state index in [0.29, 0.717) is 5.39 Å². The first kappa shape index (κ1) is 13.3. The van der Waals surface area contributed by atoms with Gasteiger partial charge in [-0.25, -0.2) is 4.98 Å². The van der Waals surface area contributed by atoms with Crippen LogP contribution in [0.3, 0.4) is 0 Å². The van der Waals surface area contributed by atoms with Gasteiger partial charge in [0, 0.05) is 26.2 Å². The van der Waals surface area contributed by atoms with Gasteiger partial charge in [-0.15, -0.1) is 11.3 Å². The molecule has 0 atom stereocenters. The molecule has 3 rings (SSSR count). The summed E-state index contributed by atoms with van der Waals surface area (Å²) in [6.45, 7) is 3.27. The highest BCUT2D eigenvalue weighted by Gasteiger charge is 2.19. The van der Waals surface area contributed by atoms with E-state index in [1.165, 1.54) is 22.2 Å². The Bertz CT molecular complexity index is 685. The zero-order valence-electron chi connectivity index (χ0n) is 11.3. The minimum absolute atomic E-state index is 0.0171. The highest BCUT2D eigenvalue weighted by molar-refractivity contribution is 7.16. The molecule has 3 heterocycles. The van der Waals surface area contributed by atoms with Crippen molar-refractivity contribution < 1.29 is 4.79 Å². The Hall–Kier alpha value is -1.73. The number of hydrogen-bond acceptors (Lipinski definition) is 5. The van der Waals surface area contributed by atoms with Crippen molar-refractivity contribution in [1.29, 1.82) is 0 Å². The van der Waals surface area contributed by atoms with Gasteiger partial charge in [-0.3, -0.25) is 14.2 Å². The van der Waals surface area contributed by atoms with E-state index in [-0.39, 0.29) is 18.0 Å². The normalized spacial score (nSPS) is 16.8. The fraction of sp³-hybridized carbons (Fsp3) is 0.462. The topological polar surface area (TPSA) is 58.4 Å². The van der Waals surface area contributed by atoms with Crippen LogP contribution in [-0.2, 0) is 11.3 Å². The Balaban J connectivity index is 1.77. The van der Waals surface area contributed by atoms with Crippen molar-refractivity contribution >= 4 is 27.5 Å². The number of piperazine rings is 1. The number of aromatic nitrogens is 2. The lowest BCUT2D eigenvalue weighted by molar-refractivity contribution is -0.133. The van der Waals surface area contributed by atoms with Gasteiger partial charge in [0.05, 0.1) is 11.7 Å². The molecule has 20 heavy (non-hydrogen) atoms. The second-order valence-corrected chi connectivity index (χ2v) is 5.90. The molecule has 1 aliphatic heterocycles. The Kier molecular flexibility index (Phi) is 3.54. The number of thiophene rings is 1. The summed E-state index contributed by atoms with van der Waals surface area (Å²) in [5, 5.41) is 2.43. The van der Waals surface area contributed by atoms with Gasteiger partial charge in [-0.1, -0.05) is 0 Å². The van der Waals surface area contributed by atoms with Crippen molar-refractivity contribution in [2.75, 3.05) is 33.2 Å². The largest absolute Gasteiger partial charge is 0.339 e. The number of likely N-dealkylation sites (N-methyl/N-ethyl adjacent to an activating group) is 1. The molecule has 7 heteroatoms. The van der Waals surface area contributed by atoms with E-state index in [1.54, 1.807) is 6.07 Å². The van der Waals surface area contributed by atoms with Gasteiger partial charge in [-0.2, -0.15) is 0 Å². The first-order valence-electron chi connectivity index (χ1n) is 6.54. The Morgan fingerprint density at radius 3 is 2.85 bits per heavy atom. The molecular formula is C13H16N4O2S. The molecule has 0 aliphatic carbocycles. The van der Waals surface area contributed by atoms with Crippen LogP contribution >= 0.6 is 11.3 Å². The fourth-order valence-corrected chi connectivity index (χ4v) is 3.03. The van der Waals surface area contributed by atoms with Crippen LogP contribution in [0.25, 0.3) is 10.2 Å². The third kappa shape index (κ3) is 2.46. The molecule has 0 unspecified atom stereocenters. The minimum Gasteiger partial charge on any atom is -0.339 e. The van der Waals surface area contributed by atoms with E-state index in [1.807, 2.05) is 17.3 Å². The quantitative estimate of drug-likeness (QED) is 0.795. The molecule has 0 saturated carbocycles. The lowest BCUT2D eigenvalue weighted by atomic mass is 10.3. The molecule has 1 amide bonds. The summed E-state index contributed by atoms with van der Waals surface area (Å²) in [5.74, 6) is -0.0171. The number of carbonyl (C=O) groups is 1. The Labute approximate surface area is 120 Å². The molecule has 106 valence electrons. The van der Waals surface area contributed by atoms with Crippen LogP contribution in [0.5, 0.6) is 0 Å². The average Bonchev–Trinajstić information content (AvgIpc) is 2.92. The Morgan fingerprint density at radius 1 is 1.35 bits per heavy atom. The van der Waals surface area contributed by atoms with Crippen molar-refractivity contribution in [2.45, 2.75) is 6.54 Å². The fourth-order valence-electron chi connectivity index (χ4n) is 2.31. The smallest absolute Gasteiger partial charge is 0.262 e. The van der Waals surface area contributed by atoms with Gasteiger partial charge >= 0.3 is 0 Å². The predicted molar refractivity (Wildman–Crippen MR) is 78.0 cm³/mol. The number of nitrogens with zero attached hydrogens (tertiary/aromatic N) is 4. The van der Waals surface area contributed by atoms with Crippen molar-refractivity contribution in [3.05, 3.63) is 28.1 Å². The maximum absolute atomic E-state index is 12.2. The first-order valence-corrected chi connectivity index (χ1v) is 7.42. The summed E-state index contributed by atoms with van der Waals surface area (Å²) in [6, 6.07) is 1.76. The van der Waals surface area contributed by atoms with Gasteiger partial charge in [-0.05, 0) is 18.5 Å². The van der Waals surface area contributed by atoms with Gasteiger partial charge in [0.15, 0.2) is 0 Å². The molecule has 1 aliphatic rings. The highest BCUT2D eigenvalue weighted by Crippen LogP contribution is 2.13. The maximum Gasteiger partial charge on any atom is 0.262 e. The summed E-state index contributed by atoms with van der Waals surface area (Å²) < 4.78 is 1.40. The van der Waals surface area contributed by atoms with Gasteiger partial charge < -0.3 is 9.80 Å². The molecule has 2 aromatic heterocycles. The number of amides is 1. The molecule has 0 spiro atoms. The van der Waals surface area contributed by atoms with Crippen molar-refractivity contribution in [1.82, 2.24) is 19.4 Å². The van der Waals surface area contributed by atoms with Crippen molar-refractivity contribution in [2.24, 2.45) is 0 Å². The van der Waals surface area contributed by atoms with E-state index in [0.717, 1.165) is 31.0 Å². The number of fused-ring (bicyclic) bond motifs is 1. The van der Waals surface area contributed by atoms with Crippen LogP contribution in [0.4, 0.5) is 0 Å². The van der Waals surface area contributed by atoms with E-state index >= 15 is 0 Å². The second kappa shape index (κ2) is 5.34. The van der Waals surface area contributed by atoms with Crippen LogP contribution in [0.15, 0.2) is 22.6 Å². The van der Waals surface area contributed by atoms with E-state index in [2.05, 4.69) is 9.88 Å². The summed E-state index contributed by atoms with van der Waals surface area (Å²) in [5.41, 5.74) is -0.140. The number of hydrogen-bond donors (Lipinski definition) is 0. The van der Waals surface area contributed by atoms with Crippen LogP contribution < -0.4 is 5.56 Å². The van der Waals surface area contributed by atoms with Crippen LogP contribution in [-0.4, -0.2) is 58.5 Å². The second-order valence-electron chi connectivity index (χ2n) is 5.00. The predicted octanol–water partition coefficient (Wildman–Crippen LogP) is 0.232. The molecule has 0 bridgehead atoms. The van der Waals surface area contributed by atoms with Crippen molar-refractivity contribution in [3.63, 3.8) is 0 Å². The summed E-state index contributed by atoms with van der Waals surface area (Å²) in [7, 11) is 2.04. The number of carbonyl (C=O) groups excluding carboxylic acids is 1. The molecule has 6 nitrogen and oxygen atoms in total. The lowest BCUT2D eigenvalue weighted by Gasteiger charge is -2.32. The molecule has 1 fully saturated rings. The monoisotopic (exact) mass is 292 g/mol. The third-order valence-electron chi connectivity index (χ3n) is 3.61. The molecule has 0 radical (unpaired) electrons. The zero-order chi connectivity index (χ0) is 14.1. The summed E-state index contributed by atoms with van der Waals surface area (Å²) in [4.78, 5) is 33.4. The number of rotatable bonds is 2. The van der Waals surface area contributed by atoms with E-state index in [9.17, 15) is 9.59 Å². The Morgan fingerprint density at radius 2 is 2.10 bits per heavy atom. The standard InChI is InChI=1S/C13H16N4O2S/c1-15-3-5-16(6-4-15)11(18)8-17-9-14-12-10(13(17)19)2-7-20-12/h2,7,9H,3-6,8H2,1H3. The van der Waals surface area contributed by atoms with Crippen LogP contribution in [0.2, 0.25) is 0 Å². The first-order chi connectivity index (χ1) is 9.65. The minimum atomic E-state index is -0.140. The molecule has 0 aromatic carbocycles. The SMILES string of the molecule is CN1CCN(C(=O)Cn2cnc3sccc3c2=O)CC1. The van der Waals surface area contributed by atoms with E-state index in [4.69, 9.17) is 0 Å². The summed E-state index contributed by atoms with van der Waals surface area (Å²) >= 11 is 1.43. The average molecular weight is 292 g/mol. The van der Waals surface area contributed by atoms with Crippen LogP contribution in [0.1, 0.15) is 0 Å². The zero-order valence-corrected chi connectivity index (χ0v) is 12.1. The van der Waals surface area contributed by atoms with Gasteiger partial charge in [0.2, 0.25) is 5.91 Å². The highest BCUT2D eigenvalue weighted by atomic mass is 32.1. The van der Waals surface area contributed by atoms with Gasteiger partial charge in [0.25, 0.3) is 5.56 Å². The molecule has 2 aromatic rings. The van der Waals surface area contributed by atoms with Crippen LogP contribution in [0, 0.1) is 0 Å². The molecule has 1 saturated heterocycles. The maximum atomic E-state index is 12.2. The third-order valence-corrected chi connectivity index (χ3v) is 4.43. The molecule has 0 N–H and O–H groups in total. The lowest BCUT2D eigenvalue weighted by Crippen LogP contribution is -2.48. The molecular weight excluding hydrogens is 276 g/mol. The van der Waals surface area contributed by atoms with E-state index < -0.39 is 0 Å². The van der Waals surface area contributed by atoms with Gasteiger partial charge in [0.1, 0.15) is 11.4 Å². The summed E-state index contributed by atoms with van der Waals surface area (Å²) in [6.07, 6.45) is 1.47.